The average Bonchev–Trinajstić information content (AvgIpc) is 2.54. The molecule has 0 aliphatic heterocycles. The molecular formula is C11H11N3O2S. The van der Waals surface area contributed by atoms with Crippen molar-refractivity contribution in [3.8, 4) is 5.82 Å². The van der Waals surface area contributed by atoms with Crippen LogP contribution in [0.3, 0.4) is 0 Å². The molecule has 5 nitrogen and oxygen atoms in total. The summed E-state index contributed by atoms with van der Waals surface area (Å²) in [6.45, 7) is 3.49. The van der Waals surface area contributed by atoms with E-state index in [2.05, 4.69) is 22.7 Å². The third-order valence-electron chi connectivity index (χ3n) is 2.34. The van der Waals surface area contributed by atoms with Gasteiger partial charge in [-0.25, -0.2) is 14.5 Å². The zero-order chi connectivity index (χ0) is 12.6. The number of hydrogen-bond donors (Lipinski definition) is 2. The number of rotatable bonds is 2. The summed E-state index contributed by atoms with van der Waals surface area (Å²) in [7, 11) is 0. The van der Waals surface area contributed by atoms with Gasteiger partial charge >= 0.3 is 5.97 Å². The van der Waals surface area contributed by atoms with E-state index in [1.807, 2.05) is 19.1 Å². The molecule has 0 unspecified atom stereocenters. The van der Waals surface area contributed by atoms with Gasteiger partial charge in [-0.15, -0.1) is 12.6 Å². The minimum absolute atomic E-state index is 0.108. The molecule has 2 aromatic heterocycles. The quantitative estimate of drug-likeness (QED) is 0.797. The van der Waals surface area contributed by atoms with Gasteiger partial charge in [0.05, 0.1) is 5.69 Å². The number of hydrogen-bond acceptors (Lipinski definition) is 4. The highest BCUT2D eigenvalue weighted by Crippen LogP contribution is 2.20. The highest BCUT2D eigenvalue weighted by Gasteiger charge is 2.19. The van der Waals surface area contributed by atoms with E-state index in [9.17, 15) is 4.79 Å². The molecule has 0 spiro atoms. The van der Waals surface area contributed by atoms with Crippen molar-refractivity contribution in [2.45, 2.75) is 18.9 Å². The van der Waals surface area contributed by atoms with E-state index in [1.54, 1.807) is 13.0 Å². The number of nitrogens with zero attached hydrogens (tertiary/aromatic N) is 3. The Kier molecular flexibility index (Phi) is 2.89. The third-order valence-corrected chi connectivity index (χ3v) is 2.75. The van der Waals surface area contributed by atoms with Gasteiger partial charge in [-0.1, -0.05) is 6.07 Å². The molecule has 0 fully saturated rings. The van der Waals surface area contributed by atoms with Crippen molar-refractivity contribution in [1.29, 1.82) is 0 Å². The highest BCUT2D eigenvalue weighted by molar-refractivity contribution is 7.80. The van der Waals surface area contributed by atoms with Crippen molar-refractivity contribution in [3.05, 3.63) is 35.2 Å². The third kappa shape index (κ3) is 2.03. The molecule has 88 valence electrons. The van der Waals surface area contributed by atoms with Crippen LogP contribution in [0.25, 0.3) is 5.82 Å². The van der Waals surface area contributed by atoms with Gasteiger partial charge < -0.3 is 5.11 Å². The van der Waals surface area contributed by atoms with E-state index in [-0.39, 0.29) is 10.6 Å². The summed E-state index contributed by atoms with van der Waals surface area (Å²) < 4.78 is 1.43. The van der Waals surface area contributed by atoms with Crippen LogP contribution >= 0.6 is 12.6 Å². The van der Waals surface area contributed by atoms with E-state index in [1.165, 1.54) is 4.68 Å². The number of aromatic carboxylic acids is 1. The fraction of sp³-hybridized carbons (Fsp3) is 0.182. The lowest BCUT2D eigenvalue weighted by Crippen LogP contribution is -2.02. The summed E-state index contributed by atoms with van der Waals surface area (Å²) in [5.41, 5.74) is 1.36. The predicted molar refractivity (Wildman–Crippen MR) is 65.0 cm³/mol. The Bertz CT molecular complexity index is 592. The Balaban J connectivity index is 2.62. The van der Waals surface area contributed by atoms with Crippen LogP contribution in [0.5, 0.6) is 0 Å². The van der Waals surface area contributed by atoms with E-state index in [0.717, 1.165) is 5.69 Å². The second-order valence-corrected chi connectivity index (χ2v) is 4.06. The SMILES string of the molecule is Cc1cccc(-n2nc(C)c(C(=O)O)c2S)n1. The van der Waals surface area contributed by atoms with E-state index in [0.29, 0.717) is 11.5 Å². The summed E-state index contributed by atoms with van der Waals surface area (Å²) in [6, 6.07) is 5.45. The molecule has 0 aromatic carbocycles. The van der Waals surface area contributed by atoms with Crippen molar-refractivity contribution in [2.75, 3.05) is 0 Å². The maximum absolute atomic E-state index is 11.0. The zero-order valence-electron chi connectivity index (χ0n) is 9.38. The highest BCUT2D eigenvalue weighted by atomic mass is 32.1. The number of carbonyl (C=O) groups is 1. The molecule has 2 rings (SSSR count). The molecule has 0 aliphatic carbocycles. The molecular weight excluding hydrogens is 238 g/mol. The second-order valence-electron chi connectivity index (χ2n) is 3.64. The molecule has 6 heteroatoms. The minimum Gasteiger partial charge on any atom is -0.478 e. The van der Waals surface area contributed by atoms with Crippen LogP contribution in [0.4, 0.5) is 0 Å². The van der Waals surface area contributed by atoms with E-state index >= 15 is 0 Å². The van der Waals surface area contributed by atoms with Crippen LogP contribution in [0.15, 0.2) is 23.2 Å². The van der Waals surface area contributed by atoms with Crippen molar-refractivity contribution in [2.24, 2.45) is 0 Å². The molecule has 2 aromatic rings. The van der Waals surface area contributed by atoms with Gasteiger partial charge in [0.2, 0.25) is 0 Å². The topological polar surface area (TPSA) is 68.0 Å². The molecule has 0 saturated carbocycles. The molecule has 0 saturated heterocycles. The van der Waals surface area contributed by atoms with Gasteiger partial charge in [-0.2, -0.15) is 5.10 Å². The molecule has 2 heterocycles. The summed E-state index contributed by atoms with van der Waals surface area (Å²) in [5, 5.41) is 13.5. The molecule has 17 heavy (non-hydrogen) atoms. The predicted octanol–water partition coefficient (Wildman–Crippen LogP) is 1.87. The Hall–Kier alpha value is -1.82. The van der Waals surface area contributed by atoms with Crippen LogP contribution in [0, 0.1) is 13.8 Å². The number of aryl methyl sites for hydroxylation is 2. The van der Waals surface area contributed by atoms with Crippen LogP contribution < -0.4 is 0 Å². The fourth-order valence-corrected chi connectivity index (χ4v) is 1.98. The van der Waals surface area contributed by atoms with Gasteiger partial charge in [-0.3, -0.25) is 0 Å². The molecule has 0 amide bonds. The molecule has 0 radical (unpaired) electrons. The van der Waals surface area contributed by atoms with Crippen molar-refractivity contribution in [1.82, 2.24) is 14.8 Å². The summed E-state index contributed by atoms with van der Waals surface area (Å²) in [5.74, 6) is -0.475. The first-order valence-corrected chi connectivity index (χ1v) is 5.41. The minimum atomic E-state index is -1.04. The van der Waals surface area contributed by atoms with Gasteiger partial charge in [0, 0.05) is 5.69 Å². The number of carboxylic acid groups (broad SMARTS) is 1. The molecule has 0 aliphatic rings. The lowest BCUT2D eigenvalue weighted by molar-refractivity contribution is 0.0692. The maximum Gasteiger partial charge on any atom is 0.340 e. The summed E-state index contributed by atoms with van der Waals surface area (Å²) in [4.78, 5) is 15.3. The molecule has 1 N–H and O–H groups in total. The van der Waals surface area contributed by atoms with Crippen molar-refractivity contribution >= 4 is 18.6 Å². The first-order chi connectivity index (χ1) is 8.00. The normalized spacial score (nSPS) is 10.5. The largest absolute Gasteiger partial charge is 0.478 e. The van der Waals surface area contributed by atoms with Crippen molar-refractivity contribution in [3.63, 3.8) is 0 Å². The van der Waals surface area contributed by atoms with Crippen LogP contribution in [-0.2, 0) is 0 Å². The number of carboxylic acids is 1. The Morgan fingerprint density at radius 3 is 2.65 bits per heavy atom. The number of pyridine rings is 1. The molecule has 0 atom stereocenters. The van der Waals surface area contributed by atoms with Crippen LogP contribution in [-0.4, -0.2) is 25.8 Å². The Labute approximate surface area is 104 Å². The average molecular weight is 249 g/mol. The number of aromatic nitrogens is 3. The lowest BCUT2D eigenvalue weighted by Gasteiger charge is -2.03. The Morgan fingerprint density at radius 1 is 1.41 bits per heavy atom. The smallest absolute Gasteiger partial charge is 0.340 e. The second kappa shape index (κ2) is 4.21. The Morgan fingerprint density at radius 2 is 2.12 bits per heavy atom. The van der Waals surface area contributed by atoms with Crippen LogP contribution in [0.1, 0.15) is 21.7 Å². The summed E-state index contributed by atoms with van der Waals surface area (Å²) in [6.07, 6.45) is 0. The maximum atomic E-state index is 11.0. The van der Waals surface area contributed by atoms with Crippen LogP contribution in [0.2, 0.25) is 0 Å². The molecule has 0 bridgehead atoms. The zero-order valence-corrected chi connectivity index (χ0v) is 10.3. The lowest BCUT2D eigenvalue weighted by atomic mass is 10.3. The first kappa shape index (κ1) is 11.7. The van der Waals surface area contributed by atoms with E-state index in [4.69, 9.17) is 5.11 Å². The number of thiol groups is 1. The van der Waals surface area contributed by atoms with Gasteiger partial charge in [0.1, 0.15) is 10.6 Å². The van der Waals surface area contributed by atoms with E-state index < -0.39 is 5.97 Å². The standard InChI is InChI=1S/C11H11N3O2S/c1-6-4-3-5-8(12-6)14-10(17)9(11(15)16)7(2)13-14/h3-5,17H,1-2H3,(H,15,16). The monoisotopic (exact) mass is 249 g/mol. The van der Waals surface area contributed by atoms with Gasteiger partial charge in [0.25, 0.3) is 0 Å². The first-order valence-electron chi connectivity index (χ1n) is 4.96. The fourth-order valence-electron chi connectivity index (χ4n) is 1.57. The van der Waals surface area contributed by atoms with Gasteiger partial charge in [-0.05, 0) is 26.0 Å². The van der Waals surface area contributed by atoms with Gasteiger partial charge in [0.15, 0.2) is 5.82 Å². The van der Waals surface area contributed by atoms with Crippen molar-refractivity contribution < 1.29 is 9.90 Å². The summed E-state index contributed by atoms with van der Waals surface area (Å²) >= 11 is 4.20.